The smallest absolute Gasteiger partial charge is 0.0509 e. The van der Waals surface area contributed by atoms with Gasteiger partial charge in [-0.3, -0.25) is 0 Å². The average molecular weight is 182 g/mol. The minimum atomic E-state index is 0.398. The van der Waals surface area contributed by atoms with Gasteiger partial charge in [-0.1, -0.05) is 6.92 Å². The lowest BCUT2D eigenvalue weighted by atomic mass is 9.73. The van der Waals surface area contributed by atoms with Crippen molar-refractivity contribution in [1.29, 1.82) is 0 Å². The van der Waals surface area contributed by atoms with Gasteiger partial charge in [0.05, 0.1) is 6.61 Å². The number of hydrogen-bond donors (Lipinski definition) is 1. The molecule has 5 aliphatic rings. The molecule has 1 N–H and O–H groups in total. The van der Waals surface area contributed by atoms with E-state index in [4.69, 9.17) is 0 Å². The van der Waals surface area contributed by atoms with Crippen LogP contribution in [-0.4, -0.2) is 22.7 Å². The standard InChI is InChI=1S/C10H14OS/c1-8-5-3-6-9(8,4-11)10(6,12-2)7(5)8/h5-7,11H,3-4H2,1-2H3. The van der Waals surface area contributed by atoms with Gasteiger partial charge in [0.2, 0.25) is 0 Å². The number of rotatable bonds is 2. The fourth-order valence-electron chi connectivity index (χ4n) is 5.65. The van der Waals surface area contributed by atoms with Crippen molar-refractivity contribution in [3.05, 3.63) is 0 Å². The third-order valence-electron chi connectivity index (χ3n) is 5.94. The Hall–Kier alpha value is 0.310. The normalized spacial score (nSPS) is 79.8. The van der Waals surface area contributed by atoms with E-state index < -0.39 is 0 Å². The molecule has 5 saturated carbocycles. The highest BCUT2D eigenvalue weighted by atomic mass is 32.2. The number of aliphatic hydroxyl groups excluding tert-OH is 1. The van der Waals surface area contributed by atoms with E-state index in [0.717, 1.165) is 17.8 Å². The van der Waals surface area contributed by atoms with E-state index in [1.165, 1.54) is 6.42 Å². The largest absolute Gasteiger partial charge is 0.396 e. The predicted octanol–water partition coefficient (Wildman–Crippen LogP) is 1.37. The minimum Gasteiger partial charge on any atom is -0.396 e. The van der Waals surface area contributed by atoms with Gasteiger partial charge in [0.1, 0.15) is 0 Å². The van der Waals surface area contributed by atoms with Crippen LogP contribution in [0.2, 0.25) is 0 Å². The molecule has 2 bridgehead atoms. The molecular weight excluding hydrogens is 168 g/mol. The Balaban J connectivity index is 1.91. The van der Waals surface area contributed by atoms with E-state index in [-0.39, 0.29) is 0 Å². The van der Waals surface area contributed by atoms with E-state index in [2.05, 4.69) is 13.2 Å². The van der Waals surface area contributed by atoms with E-state index in [9.17, 15) is 5.11 Å². The van der Waals surface area contributed by atoms with Gasteiger partial charge >= 0.3 is 0 Å². The van der Waals surface area contributed by atoms with Gasteiger partial charge in [0.15, 0.2) is 0 Å². The Kier molecular flexibility index (Phi) is 0.733. The Morgan fingerprint density at radius 3 is 2.67 bits per heavy atom. The van der Waals surface area contributed by atoms with Crippen molar-refractivity contribution in [3.8, 4) is 0 Å². The van der Waals surface area contributed by atoms with E-state index >= 15 is 0 Å². The van der Waals surface area contributed by atoms with Gasteiger partial charge in [0, 0.05) is 10.2 Å². The lowest BCUT2D eigenvalue weighted by molar-refractivity contribution is 0.0825. The maximum Gasteiger partial charge on any atom is 0.0509 e. The zero-order chi connectivity index (χ0) is 8.35. The molecule has 0 heterocycles. The summed E-state index contributed by atoms with van der Waals surface area (Å²) in [6, 6.07) is 0. The Morgan fingerprint density at radius 1 is 1.58 bits per heavy atom. The summed E-state index contributed by atoms with van der Waals surface area (Å²) in [6.45, 7) is 2.88. The van der Waals surface area contributed by atoms with Crippen LogP contribution in [0.5, 0.6) is 0 Å². The van der Waals surface area contributed by atoms with Gasteiger partial charge < -0.3 is 5.11 Å². The third kappa shape index (κ3) is 0.263. The molecule has 5 aliphatic carbocycles. The van der Waals surface area contributed by atoms with Gasteiger partial charge in [-0.05, 0) is 35.8 Å². The number of aliphatic hydroxyl groups is 1. The molecule has 12 heavy (non-hydrogen) atoms. The second-order valence-electron chi connectivity index (χ2n) is 5.28. The lowest BCUT2D eigenvalue weighted by Crippen LogP contribution is -2.41. The van der Waals surface area contributed by atoms with Crippen LogP contribution in [0.1, 0.15) is 13.3 Å². The molecule has 0 aromatic carbocycles. The molecule has 0 radical (unpaired) electrons. The molecule has 66 valence electrons. The Bertz CT molecular complexity index is 304. The first-order chi connectivity index (χ1) is 5.71. The van der Waals surface area contributed by atoms with Crippen LogP contribution in [0.4, 0.5) is 0 Å². The van der Waals surface area contributed by atoms with Crippen LogP contribution in [0.25, 0.3) is 0 Å². The fourth-order valence-corrected chi connectivity index (χ4v) is 7.62. The fraction of sp³-hybridized carbons (Fsp3) is 1.00. The maximum atomic E-state index is 9.53. The summed E-state index contributed by atoms with van der Waals surface area (Å²) in [5.41, 5.74) is 0.990. The van der Waals surface area contributed by atoms with Crippen molar-refractivity contribution < 1.29 is 5.11 Å². The van der Waals surface area contributed by atoms with Crippen LogP contribution >= 0.6 is 11.8 Å². The second kappa shape index (κ2) is 1.31. The van der Waals surface area contributed by atoms with Crippen molar-refractivity contribution in [2.45, 2.75) is 18.1 Å². The maximum absolute atomic E-state index is 9.53. The van der Waals surface area contributed by atoms with Crippen molar-refractivity contribution >= 4 is 11.8 Å². The van der Waals surface area contributed by atoms with Crippen LogP contribution in [0.3, 0.4) is 0 Å². The Morgan fingerprint density at radius 2 is 2.33 bits per heavy atom. The first kappa shape index (κ1) is 6.72. The van der Waals surface area contributed by atoms with Gasteiger partial charge in [-0.25, -0.2) is 0 Å². The molecule has 2 heteroatoms. The second-order valence-corrected chi connectivity index (χ2v) is 6.37. The zero-order valence-electron chi connectivity index (χ0n) is 7.50. The lowest BCUT2D eigenvalue weighted by Gasteiger charge is -2.39. The van der Waals surface area contributed by atoms with Crippen molar-refractivity contribution in [2.75, 3.05) is 12.9 Å². The number of hydrogen-bond acceptors (Lipinski definition) is 2. The summed E-state index contributed by atoms with van der Waals surface area (Å²) >= 11 is 2.05. The summed E-state index contributed by atoms with van der Waals surface area (Å²) < 4.78 is 0.571. The summed E-state index contributed by atoms with van der Waals surface area (Å²) in [7, 11) is 0. The summed E-state index contributed by atoms with van der Waals surface area (Å²) in [5.74, 6) is 2.89. The molecule has 1 nitrogen and oxygen atoms in total. The SMILES string of the molecule is CSC12C3C4CC1C2(CO)C43C. The molecule has 0 saturated heterocycles. The minimum absolute atomic E-state index is 0.398. The molecular formula is C10H14OS. The highest BCUT2D eigenvalue weighted by Gasteiger charge is 3.09. The average Bonchev–Trinajstić information content (AvgIpc) is 2.66. The number of thioether (sulfide) groups is 1. The highest BCUT2D eigenvalue weighted by molar-refractivity contribution is 8.00. The Labute approximate surface area is 76.9 Å². The molecule has 6 unspecified atom stereocenters. The summed E-state index contributed by atoms with van der Waals surface area (Å²) in [5, 5.41) is 9.53. The highest BCUT2D eigenvalue weighted by Crippen LogP contribution is 3.08. The molecule has 0 aromatic heterocycles. The first-order valence-corrected chi connectivity index (χ1v) is 6.10. The van der Waals surface area contributed by atoms with Gasteiger partial charge in [-0.2, -0.15) is 11.8 Å². The molecule has 0 aliphatic heterocycles. The third-order valence-corrected chi connectivity index (χ3v) is 7.51. The molecule has 0 aromatic rings. The van der Waals surface area contributed by atoms with Crippen molar-refractivity contribution in [2.24, 2.45) is 28.6 Å². The summed E-state index contributed by atoms with van der Waals surface area (Å²) in [6.07, 6.45) is 3.67. The zero-order valence-corrected chi connectivity index (χ0v) is 8.32. The quantitative estimate of drug-likeness (QED) is 0.696. The molecule has 6 atom stereocenters. The summed E-state index contributed by atoms with van der Waals surface area (Å²) in [4.78, 5) is 0. The molecule has 5 rings (SSSR count). The topological polar surface area (TPSA) is 20.2 Å². The predicted molar refractivity (Wildman–Crippen MR) is 49.0 cm³/mol. The van der Waals surface area contributed by atoms with Crippen molar-refractivity contribution in [1.82, 2.24) is 0 Å². The van der Waals surface area contributed by atoms with Crippen LogP contribution < -0.4 is 0 Å². The molecule has 5 fully saturated rings. The van der Waals surface area contributed by atoms with E-state index in [0.29, 0.717) is 22.2 Å². The first-order valence-electron chi connectivity index (χ1n) is 4.88. The van der Waals surface area contributed by atoms with Gasteiger partial charge in [0.25, 0.3) is 0 Å². The van der Waals surface area contributed by atoms with Crippen molar-refractivity contribution in [3.63, 3.8) is 0 Å². The van der Waals surface area contributed by atoms with Crippen LogP contribution in [0.15, 0.2) is 0 Å². The molecule has 0 spiro atoms. The monoisotopic (exact) mass is 182 g/mol. The van der Waals surface area contributed by atoms with E-state index in [1.54, 1.807) is 0 Å². The van der Waals surface area contributed by atoms with E-state index in [1.807, 2.05) is 11.8 Å². The van der Waals surface area contributed by atoms with Crippen LogP contribution in [-0.2, 0) is 0 Å². The molecule has 0 amide bonds. The van der Waals surface area contributed by atoms with Gasteiger partial charge in [-0.15, -0.1) is 0 Å². The van der Waals surface area contributed by atoms with Crippen LogP contribution in [0, 0.1) is 28.6 Å².